The number of pyridine rings is 1. The summed E-state index contributed by atoms with van der Waals surface area (Å²) in [4.78, 5) is 28.1. The number of nitrogens with one attached hydrogen (secondary N) is 1. The molecule has 2 heterocycles. The molecule has 0 saturated carbocycles. The van der Waals surface area contributed by atoms with Crippen molar-refractivity contribution in [1.82, 2.24) is 14.8 Å². The third kappa shape index (κ3) is 3.57. The predicted molar refractivity (Wildman–Crippen MR) is 120 cm³/mol. The van der Waals surface area contributed by atoms with Crippen LogP contribution in [-0.2, 0) is 0 Å². The molecule has 30 heavy (non-hydrogen) atoms. The molecule has 150 valence electrons. The highest BCUT2D eigenvalue weighted by molar-refractivity contribution is 7.80. The van der Waals surface area contributed by atoms with Crippen LogP contribution in [0.25, 0.3) is 16.5 Å². The Morgan fingerprint density at radius 3 is 2.10 bits per heavy atom. The van der Waals surface area contributed by atoms with Crippen molar-refractivity contribution in [2.24, 2.45) is 10.2 Å². The van der Waals surface area contributed by atoms with Crippen molar-refractivity contribution < 1.29 is 0 Å². The van der Waals surface area contributed by atoms with E-state index < -0.39 is 5.56 Å². The summed E-state index contributed by atoms with van der Waals surface area (Å²) in [5, 5.41) is 13.7. The molecule has 0 atom stereocenters. The van der Waals surface area contributed by atoms with Crippen molar-refractivity contribution in [2.45, 2.75) is 25.8 Å². The number of azo groups is 1. The fourth-order valence-electron chi connectivity index (χ4n) is 3.11. The highest BCUT2D eigenvalue weighted by Gasteiger charge is 2.18. The summed E-state index contributed by atoms with van der Waals surface area (Å²) in [6.07, 6.45) is 0. The Morgan fingerprint density at radius 1 is 0.867 bits per heavy atom. The molecule has 0 unspecified atom stereocenters. The molecule has 0 bridgehead atoms. The van der Waals surface area contributed by atoms with Crippen LogP contribution in [0.5, 0.6) is 0 Å². The summed E-state index contributed by atoms with van der Waals surface area (Å²) in [6, 6.07) is 14.9. The van der Waals surface area contributed by atoms with Gasteiger partial charge in [-0.1, -0.05) is 35.4 Å². The first-order valence-electron chi connectivity index (χ1n) is 9.29. The average Bonchev–Trinajstić information content (AvgIpc) is 2.72. The van der Waals surface area contributed by atoms with Gasteiger partial charge in [-0.3, -0.25) is 9.59 Å². The summed E-state index contributed by atoms with van der Waals surface area (Å²) >= 11 is 4.34. The van der Waals surface area contributed by atoms with Crippen LogP contribution in [0.4, 0.5) is 11.5 Å². The Bertz CT molecular complexity index is 1400. The zero-order chi connectivity index (χ0) is 21.4. The number of hydrogen-bond acceptors (Lipinski definition) is 6. The van der Waals surface area contributed by atoms with Crippen LogP contribution in [0.2, 0.25) is 0 Å². The molecule has 0 aliphatic rings. The van der Waals surface area contributed by atoms with E-state index in [-0.39, 0.29) is 21.8 Å². The number of fused-ring (bicyclic) bond motifs is 1. The lowest BCUT2D eigenvalue weighted by atomic mass is 10.1. The largest absolute Gasteiger partial charge is 0.316 e. The first-order valence-corrected chi connectivity index (χ1v) is 9.74. The molecule has 8 heteroatoms. The van der Waals surface area contributed by atoms with Gasteiger partial charge in [0.2, 0.25) is 5.82 Å². The van der Waals surface area contributed by atoms with Crippen LogP contribution in [0.1, 0.15) is 16.7 Å². The number of hydrogen-bond donors (Lipinski definition) is 2. The summed E-state index contributed by atoms with van der Waals surface area (Å²) in [5.74, 6) is 0.171. The van der Waals surface area contributed by atoms with E-state index in [4.69, 9.17) is 0 Å². The van der Waals surface area contributed by atoms with Crippen LogP contribution < -0.4 is 11.1 Å². The molecule has 0 fully saturated rings. The number of nitrogens with zero attached hydrogens (tertiary/aromatic N) is 4. The fourth-order valence-corrected chi connectivity index (χ4v) is 3.42. The normalized spacial score (nSPS) is 11.5. The van der Waals surface area contributed by atoms with Crippen molar-refractivity contribution in [2.75, 3.05) is 0 Å². The maximum absolute atomic E-state index is 13.2. The molecule has 0 amide bonds. The Hall–Kier alpha value is -3.52. The van der Waals surface area contributed by atoms with E-state index >= 15 is 0 Å². The van der Waals surface area contributed by atoms with Crippen LogP contribution in [0, 0.1) is 20.8 Å². The second kappa shape index (κ2) is 7.72. The summed E-state index contributed by atoms with van der Waals surface area (Å²) in [5.41, 5.74) is 2.96. The van der Waals surface area contributed by atoms with E-state index in [1.54, 1.807) is 19.1 Å². The number of rotatable bonds is 3. The van der Waals surface area contributed by atoms with Gasteiger partial charge in [0.1, 0.15) is 0 Å². The van der Waals surface area contributed by atoms with E-state index in [0.29, 0.717) is 22.3 Å². The quantitative estimate of drug-likeness (QED) is 0.374. The van der Waals surface area contributed by atoms with Gasteiger partial charge in [0.05, 0.1) is 21.8 Å². The molecule has 4 aromatic rings. The summed E-state index contributed by atoms with van der Waals surface area (Å²) in [7, 11) is 0. The molecule has 1 N–H and O–H groups in total. The monoisotopic (exact) mass is 417 g/mol. The van der Waals surface area contributed by atoms with Crippen molar-refractivity contribution in [3.8, 4) is 5.69 Å². The zero-order valence-corrected chi connectivity index (χ0v) is 17.6. The summed E-state index contributed by atoms with van der Waals surface area (Å²) < 4.78 is 1.25. The van der Waals surface area contributed by atoms with Gasteiger partial charge in [-0.05, 0) is 45.0 Å². The van der Waals surface area contributed by atoms with Crippen molar-refractivity contribution in [3.05, 3.63) is 85.9 Å². The molecule has 2 aromatic heterocycles. The first kappa shape index (κ1) is 19.8. The molecule has 0 aliphatic heterocycles. The lowest BCUT2D eigenvalue weighted by Crippen LogP contribution is -2.24. The number of benzene rings is 2. The molecular weight excluding hydrogens is 398 g/mol. The van der Waals surface area contributed by atoms with Crippen LogP contribution in [0.3, 0.4) is 0 Å². The number of aromatic nitrogens is 3. The Labute approximate surface area is 177 Å². The van der Waals surface area contributed by atoms with Gasteiger partial charge in [0, 0.05) is 10.9 Å². The van der Waals surface area contributed by atoms with Crippen molar-refractivity contribution in [3.63, 3.8) is 0 Å². The lowest BCUT2D eigenvalue weighted by Gasteiger charge is -2.11. The highest BCUT2D eigenvalue weighted by atomic mass is 32.1. The third-order valence-corrected chi connectivity index (χ3v) is 5.17. The van der Waals surface area contributed by atoms with Gasteiger partial charge in [-0.15, -0.1) is 28.0 Å². The Balaban J connectivity index is 2.02. The minimum Gasteiger partial charge on any atom is -0.316 e. The van der Waals surface area contributed by atoms with Crippen LogP contribution in [-0.4, -0.2) is 14.8 Å². The molecule has 2 aromatic carbocycles. The van der Waals surface area contributed by atoms with Gasteiger partial charge in [0.15, 0.2) is 0 Å². The van der Waals surface area contributed by atoms with E-state index in [1.807, 2.05) is 50.2 Å². The first-order chi connectivity index (χ1) is 14.3. The topological polar surface area (TPSA) is 92.5 Å². The molecule has 4 rings (SSSR count). The van der Waals surface area contributed by atoms with Gasteiger partial charge < -0.3 is 4.98 Å². The van der Waals surface area contributed by atoms with Gasteiger partial charge in [-0.25, -0.2) is 0 Å². The zero-order valence-electron chi connectivity index (χ0n) is 16.7. The molecule has 0 spiro atoms. The number of H-pyrrole nitrogens is 1. The van der Waals surface area contributed by atoms with Gasteiger partial charge in [-0.2, -0.15) is 4.68 Å². The fraction of sp³-hybridized carbons (Fsp3) is 0.136. The van der Waals surface area contributed by atoms with E-state index in [2.05, 4.69) is 32.9 Å². The SMILES string of the molecule is Cc1ccc(N=Nc2nn(-c3ccc(C)cc3)c(=O)c3c(S)[nH]c(=O)c(C)c23)cc1. The van der Waals surface area contributed by atoms with E-state index in [9.17, 15) is 9.59 Å². The van der Waals surface area contributed by atoms with Gasteiger partial charge in [0.25, 0.3) is 11.1 Å². The number of aryl methyl sites for hydroxylation is 3. The summed E-state index contributed by atoms with van der Waals surface area (Å²) in [6.45, 7) is 5.56. The molecule has 0 saturated heterocycles. The van der Waals surface area contributed by atoms with Crippen LogP contribution >= 0.6 is 12.6 Å². The minimum absolute atomic E-state index is 0.167. The standard InChI is InChI=1S/C22H19N5O2S/c1-12-4-8-15(9-5-12)24-25-19-17-14(3)20(28)23-21(30)18(17)22(29)27(26-19)16-10-6-13(2)7-11-16/h4-11H,1-3H3,(H2,23,28,30). The lowest BCUT2D eigenvalue weighted by molar-refractivity contribution is 0.811. The third-order valence-electron chi connectivity index (χ3n) is 4.83. The van der Waals surface area contributed by atoms with Crippen molar-refractivity contribution in [1.29, 1.82) is 0 Å². The Kier molecular flexibility index (Phi) is 5.09. The average molecular weight is 417 g/mol. The Morgan fingerprint density at radius 2 is 1.47 bits per heavy atom. The second-order valence-corrected chi connectivity index (χ2v) is 7.54. The molecule has 0 aliphatic carbocycles. The molecular formula is C22H19N5O2S. The van der Waals surface area contributed by atoms with E-state index in [1.165, 1.54) is 4.68 Å². The maximum Gasteiger partial charge on any atom is 0.282 e. The van der Waals surface area contributed by atoms with Crippen LogP contribution in [0.15, 0.2) is 73.4 Å². The van der Waals surface area contributed by atoms with Crippen molar-refractivity contribution >= 4 is 34.9 Å². The molecule has 7 nitrogen and oxygen atoms in total. The van der Waals surface area contributed by atoms with Gasteiger partial charge >= 0.3 is 0 Å². The predicted octanol–water partition coefficient (Wildman–Crippen LogP) is 4.70. The highest BCUT2D eigenvalue weighted by Crippen LogP contribution is 2.28. The minimum atomic E-state index is -0.396. The van der Waals surface area contributed by atoms with E-state index in [0.717, 1.165) is 11.1 Å². The number of thiol groups is 1. The number of aromatic amines is 1. The molecule has 0 radical (unpaired) electrons. The maximum atomic E-state index is 13.2. The smallest absolute Gasteiger partial charge is 0.282 e. The second-order valence-electron chi connectivity index (χ2n) is 7.09.